The topological polar surface area (TPSA) is 73.1 Å². The molecule has 0 aliphatic heterocycles. The lowest BCUT2D eigenvalue weighted by Gasteiger charge is -2.12. The molecule has 1 N–H and O–H groups in total. The number of tetrazole rings is 1. The van der Waals surface area contributed by atoms with Crippen molar-refractivity contribution in [1.82, 2.24) is 20.2 Å². The number of hydrogen-bond acceptors (Lipinski definition) is 5. The molecule has 1 aromatic heterocycles. The Hall–Kier alpha value is -2.15. The Morgan fingerprint density at radius 1 is 1.16 bits per heavy atom. The molecule has 6 nitrogen and oxygen atoms in total. The first-order chi connectivity index (χ1) is 12.0. The van der Waals surface area contributed by atoms with Crippen LogP contribution >= 0.6 is 23.2 Å². The molecular weight excluding hydrogens is 363 g/mol. The van der Waals surface area contributed by atoms with Gasteiger partial charge in [0.05, 0.1) is 11.6 Å². The number of aryl methyl sites for hydroxylation is 1. The van der Waals surface area contributed by atoms with Gasteiger partial charge in [-0.15, -0.1) is 10.2 Å². The van der Waals surface area contributed by atoms with Gasteiger partial charge < -0.3 is 9.84 Å². The van der Waals surface area contributed by atoms with E-state index in [1.54, 1.807) is 18.2 Å². The normalized spacial score (nSPS) is 12.2. The zero-order valence-electron chi connectivity index (χ0n) is 13.4. The summed E-state index contributed by atoms with van der Waals surface area (Å²) in [5.41, 5.74) is 2.03. The van der Waals surface area contributed by atoms with Gasteiger partial charge in [-0.25, -0.2) is 0 Å². The van der Waals surface area contributed by atoms with Crippen LogP contribution in [0.1, 0.15) is 5.56 Å². The fourth-order valence-corrected chi connectivity index (χ4v) is 2.62. The summed E-state index contributed by atoms with van der Waals surface area (Å²) >= 11 is 11.9. The first-order valence-electron chi connectivity index (χ1n) is 7.62. The van der Waals surface area contributed by atoms with Crippen LogP contribution in [0.15, 0.2) is 42.5 Å². The molecule has 2 aromatic carbocycles. The van der Waals surface area contributed by atoms with Crippen LogP contribution in [0.4, 0.5) is 0 Å². The average molecular weight is 379 g/mol. The molecule has 1 heterocycles. The second-order valence-electron chi connectivity index (χ2n) is 5.57. The Morgan fingerprint density at radius 3 is 2.64 bits per heavy atom. The summed E-state index contributed by atoms with van der Waals surface area (Å²) in [5, 5.41) is 23.2. The van der Waals surface area contributed by atoms with Gasteiger partial charge in [0, 0.05) is 10.6 Å². The second kappa shape index (κ2) is 7.82. The molecule has 0 amide bonds. The number of halogens is 2. The van der Waals surface area contributed by atoms with Crippen molar-refractivity contribution in [2.75, 3.05) is 6.61 Å². The van der Waals surface area contributed by atoms with Crippen molar-refractivity contribution in [3.63, 3.8) is 0 Å². The zero-order chi connectivity index (χ0) is 17.8. The van der Waals surface area contributed by atoms with Crippen molar-refractivity contribution in [3.05, 3.63) is 58.1 Å². The number of aliphatic hydroxyl groups is 1. The lowest BCUT2D eigenvalue weighted by atomic mass is 10.1. The Labute approximate surface area is 155 Å². The maximum atomic E-state index is 10.1. The van der Waals surface area contributed by atoms with Crippen molar-refractivity contribution >= 4 is 23.2 Å². The predicted octanol–water partition coefficient (Wildman–Crippen LogP) is 3.40. The Kier molecular flexibility index (Phi) is 5.53. The molecule has 1 unspecified atom stereocenters. The van der Waals surface area contributed by atoms with E-state index in [-0.39, 0.29) is 13.2 Å². The van der Waals surface area contributed by atoms with E-state index in [0.29, 0.717) is 21.6 Å². The highest BCUT2D eigenvalue weighted by Gasteiger charge is 2.12. The highest BCUT2D eigenvalue weighted by molar-refractivity contribution is 6.35. The molecule has 8 heteroatoms. The smallest absolute Gasteiger partial charge is 0.204 e. The van der Waals surface area contributed by atoms with E-state index in [9.17, 15) is 5.11 Å². The minimum Gasteiger partial charge on any atom is -0.489 e. The van der Waals surface area contributed by atoms with E-state index < -0.39 is 6.10 Å². The van der Waals surface area contributed by atoms with Crippen molar-refractivity contribution < 1.29 is 9.84 Å². The third-order valence-corrected chi connectivity index (χ3v) is 3.99. The third kappa shape index (κ3) is 4.69. The zero-order valence-corrected chi connectivity index (χ0v) is 14.9. The Balaban J connectivity index is 1.58. The fourth-order valence-electron chi connectivity index (χ4n) is 2.16. The van der Waals surface area contributed by atoms with Gasteiger partial charge in [-0.05, 0) is 30.3 Å². The first kappa shape index (κ1) is 17.7. The van der Waals surface area contributed by atoms with Crippen LogP contribution < -0.4 is 4.74 Å². The van der Waals surface area contributed by atoms with Gasteiger partial charge in [0.25, 0.3) is 0 Å². The van der Waals surface area contributed by atoms with E-state index in [1.807, 2.05) is 31.2 Å². The largest absolute Gasteiger partial charge is 0.489 e. The second-order valence-corrected chi connectivity index (χ2v) is 6.42. The molecule has 0 radical (unpaired) electrons. The minimum atomic E-state index is -0.813. The molecule has 1 atom stereocenters. The van der Waals surface area contributed by atoms with Gasteiger partial charge in [-0.1, -0.05) is 53.0 Å². The van der Waals surface area contributed by atoms with Crippen LogP contribution in [-0.4, -0.2) is 38.0 Å². The molecule has 25 heavy (non-hydrogen) atoms. The SMILES string of the molecule is Cc1ccc(-c2nnn(CC(O)COc3ccc(Cl)cc3Cl)n2)cc1. The minimum absolute atomic E-state index is 0.0444. The van der Waals surface area contributed by atoms with Crippen LogP contribution in [0, 0.1) is 6.92 Å². The van der Waals surface area contributed by atoms with E-state index in [1.165, 1.54) is 4.80 Å². The highest BCUT2D eigenvalue weighted by Crippen LogP contribution is 2.27. The number of rotatable bonds is 6. The summed E-state index contributed by atoms with van der Waals surface area (Å²) in [4.78, 5) is 1.34. The van der Waals surface area contributed by atoms with Crippen molar-refractivity contribution in [2.24, 2.45) is 0 Å². The van der Waals surface area contributed by atoms with Crippen LogP contribution in [-0.2, 0) is 6.54 Å². The summed E-state index contributed by atoms with van der Waals surface area (Å²) in [6, 6.07) is 12.7. The summed E-state index contributed by atoms with van der Waals surface area (Å²) in [5.74, 6) is 0.964. The monoisotopic (exact) mass is 378 g/mol. The quantitative estimate of drug-likeness (QED) is 0.711. The number of hydrogen-bond donors (Lipinski definition) is 1. The molecule has 130 valence electrons. The van der Waals surface area contributed by atoms with Crippen LogP contribution in [0.3, 0.4) is 0 Å². The van der Waals surface area contributed by atoms with Gasteiger partial charge in [0.1, 0.15) is 18.5 Å². The summed E-state index contributed by atoms with van der Waals surface area (Å²) in [7, 11) is 0. The molecule has 0 fully saturated rings. The molecule has 3 aromatic rings. The van der Waals surface area contributed by atoms with E-state index in [4.69, 9.17) is 27.9 Å². The number of aromatic nitrogens is 4. The molecule has 0 bridgehead atoms. The Bertz CT molecular complexity index is 852. The van der Waals surface area contributed by atoms with E-state index >= 15 is 0 Å². The van der Waals surface area contributed by atoms with Crippen LogP contribution in [0.2, 0.25) is 10.0 Å². The van der Waals surface area contributed by atoms with Crippen molar-refractivity contribution in [2.45, 2.75) is 19.6 Å². The number of aliphatic hydroxyl groups excluding tert-OH is 1. The lowest BCUT2D eigenvalue weighted by molar-refractivity contribution is 0.0850. The maximum absolute atomic E-state index is 10.1. The predicted molar refractivity (Wildman–Crippen MR) is 96.0 cm³/mol. The molecule has 3 rings (SSSR count). The van der Waals surface area contributed by atoms with Gasteiger partial charge in [-0.3, -0.25) is 0 Å². The molecule has 0 spiro atoms. The van der Waals surface area contributed by atoms with Gasteiger partial charge in [0.2, 0.25) is 5.82 Å². The average Bonchev–Trinajstić information content (AvgIpc) is 3.03. The lowest BCUT2D eigenvalue weighted by Crippen LogP contribution is -2.25. The van der Waals surface area contributed by atoms with Gasteiger partial charge >= 0.3 is 0 Å². The molecule has 0 saturated heterocycles. The molecular formula is C17H16Cl2N4O2. The first-order valence-corrected chi connectivity index (χ1v) is 8.37. The van der Waals surface area contributed by atoms with Crippen molar-refractivity contribution in [3.8, 4) is 17.1 Å². The van der Waals surface area contributed by atoms with E-state index in [0.717, 1.165) is 11.1 Å². The molecule has 0 aliphatic rings. The molecule has 0 saturated carbocycles. The number of benzene rings is 2. The number of ether oxygens (including phenoxy) is 1. The third-order valence-electron chi connectivity index (χ3n) is 3.46. The molecule has 0 aliphatic carbocycles. The summed E-state index contributed by atoms with van der Waals surface area (Å²) < 4.78 is 5.50. The number of nitrogens with zero attached hydrogens (tertiary/aromatic N) is 4. The fraction of sp³-hybridized carbons (Fsp3) is 0.235. The van der Waals surface area contributed by atoms with Gasteiger partial charge in [-0.2, -0.15) is 4.80 Å². The van der Waals surface area contributed by atoms with Crippen LogP contribution in [0.25, 0.3) is 11.4 Å². The highest BCUT2D eigenvalue weighted by atomic mass is 35.5. The standard InChI is InChI=1S/C17H16Cl2N4O2/c1-11-2-4-12(5-3-11)17-20-22-23(21-17)9-14(24)10-25-16-7-6-13(18)8-15(16)19/h2-8,14,24H,9-10H2,1H3. The van der Waals surface area contributed by atoms with Gasteiger partial charge in [0.15, 0.2) is 0 Å². The summed E-state index contributed by atoms with van der Waals surface area (Å²) in [6.45, 7) is 2.21. The summed E-state index contributed by atoms with van der Waals surface area (Å²) in [6.07, 6.45) is -0.813. The Morgan fingerprint density at radius 2 is 1.92 bits per heavy atom. The van der Waals surface area contributed by atoms with Crippen molar-refractivity contribution in [1.29, 1.82) is 0 Å². The van der Waals surface area contributed by atoms with Crippen LogP contribution in [0.5, 0.6) is 5.75 Å². The van der Waals surface area contributed by atoms with E-state index in [2.05, 4.69) is 15.4 Å². The maximum Gasteiger partial charge on any atom is 0.204 e.